The van der Waals surface area contributed by atoms with E-state index in [0.29, 0.717) is 5.02 Å². The Morgan fingerprint density at radius 2 is 2.14 bits per heavy atom. The number of hydrogen-bond donors (Lipinski definition) is 1. The maximum atomic E-state index is 6.45. The third kappa shape index (κ3) is 3.66. The van der Waals surface area contributed by atoms with Gasteiger partial charge >= 0.3 is 0 Å². The summed E-state index contributed by atoms with van der Waals surface area (Å²) in [6.07, 6.45) is 1.66. The average Bonchev–Trinajstić information content (AvgIpc) is 2.80. The first-order valence-electron chi connectivity index (χ1n) is 6.78. The zero-order chi connectivity index (χ0) is 15.6. The van der Waals surface area contributed by atoms with E-state index < -0.39 is 0 Å². The van der Waals surface area contributed by atoms with Gasteiger partial charge in [-0.25, -0.2) is 0 Å². The SMILES string of the molecule is Cc1cccc(C(N)c2c(Cl)cnn2CCN(C)C)c1Br. The molecule has 0 saturated carbocycles. The number of aromatic nitrogens is 2. The van der Waals surface area contributed by atoms with E-state index in [9.17, 15) is 0 Å². The minimum atomic E-state index is -0.309. The van der Waals surface area contributed by atoms with E-state index >= 15 is 0 Å². The first kappa shape index (κ1) is 16.5. The van der Waals surface area contributed by atoms with Crippen molar-refractivity contribution in [3.8, 4) is 0 Å². The lowest BCUT2D eigenvalue weighted by atomic mass is 10.0. The molecule has 4 nitrogen and oxygen atoms in total. The molecule has 1 aromatic carbocycles. The van der Waals surface area contributed by atoms with E-state index in [4.69, 9.17) is 17.3 Å². The number of nitrogens with two attached hydrogens (primary N) is 1. The molecule has 6 heteroatoms. The van der Waals surface area contributed by atoms with Crippen LogP contribution in [0, 0.1) is 6.92 Å². The van der Waals surface area contributed by atoms with Gasteiger partial charge in [0.2, 0.25) is 0 Å². The number of benzene rings is 1. The van der Waals surface area contributed by atoms with Gasteiger partial charge in [0, 0.05) is 11.0 Å². The number of hydrogen-bond acceptors (Lipinski definition) is 3. The molecule has 0 radical (unpaired) electrons. The third-order valence-electron chi connectivity index (χ3n) is 3.44. The van der Waals surface area contributed by atoms with Crippen LogP contribution in [0.4, 0.5) is 0 Å². The van der Waals surface area contributed by atoms with Crippen molar-refractivity contribution >= 4 is 27.5 Å². The first-order valence-corrected chi connectivity index (χ1v) is 7.95. The Labute approximate surface area is 139 Å². The summed E-state index contributed by atoms with van der Waals surface area (Å²) in [6, 6.07) is 5.76. The Kier molecular flexibility index (Phi) is 5.43. The zero-order valence-electron chi connectivity index (χ0n) is 12.5. The van der Waals surface area contributed by atoms with Gasteiger partial charge in [-0.1, -0.05) is 45.7 Å². The lowest BCUT2D eigenvalue weighted by Crippen LogP contribution is -2.23. The molecule has 21 heavy (non-hydrogen) atoms. The molecule has 0 aliphatic carbocycles. The molecule has 0 fully saturated rings. The highest BCUT2D eigenvalue weighted by Gasteiger charge is 2.21. The van der Waals surface area contributed by atoms with Gasteiger partial charge in [0.1, 0.15) is 0 Å². The largest absolute Gasteiger partial charge is 0.319 e. The second kappa shape index (κ2) is 6.92. The minimum Gasteiger partial charge on any atom is -0.319 e. The van der Waals surface area contributed by atoms with Crippen molar-refractivity contribution in [1.82, 2.24) is 14.7 Å². The molecule has 1 heterocycles. The summed E-state index contributed by atoms with van der Waals surface area (Å²) in [5, 5.41) is 4.96. The van der Waals surface area contributed by atoms with Crippen LogP contribution in [0.3, 0.4) is 0 Å². The molecule has 2 N–H and O–H groups in total. The number of likely N-dealkylation sites (N-methyl/N-ethyl adjacent to an activating group) is 1. The third-order valence-corrected chi connectivity index (χ3v) is 4.82. The molecule has 0 spiro atoms. The molecule has 0 amide bonds. The van der Waals surface area contributed by atoms with E-state index in [0.717, 1.165) is 34.4 Å². The number of aryl methyl sites for hydroxylation is 1. The van der Waals surface area contributed by atoms with Crippen molar-refractivity contribution in [1.29, 1.82) is 0 Å². The summed E-state index contributed by atoms with van der Waals surface area (Å²) in [5.74, 6) is 0. The molecule has 0 saturated heterocycles. The normalized spacial score (nSPS) is 12.9. The zero-order valence-corrected chi connectivity index (χ0v) is 14.8. The molecule has 114 valence electrons. The van der Waals surface area contributed by atoms with Gasteiger partial charge in [-0.05, 0) is 32.1 Å². The Balaban J connectivity index is 2.36. The van der Waals surface area contributed by atoms with Crippen molar-refractivity contribution in [2.24, 2.45) is 5.73 Å². The molecule has 0 aliphatic rings. The molecule has 0 bridgehead atoms. The molecule has 1 atom stereocenters. The molecular weight excluding hydrogens is 352 g/mol. The molecule has 1 unspecified atom stereocenters. The predicted molar refractivity (Wildman–Crippen MR) is 90.7 cm³/mol. The van der Waals surface area contributed by atoms with E-state index in [2.05, 4.69) is 25.9 Å². The fourth-order valence-corrected chi connectivity index (χ4v) is 2.98. The molecule has 1 aromatic heterocycles. The lowest BCUT2D eigenvalue weighted by Gasteiger charge is -2.19. The molecule has 2 aromatic rings. The topological polar surface area (TPSA) is 47.1 Å². The number of nitrogens with zero attached hydrogens (tertiary/aromatic N) is 3. The Bertz CT molecular complexity index is 624. The van der Waals surface area contributed by atoms with Crippen LogP contribution in [-0.4, -0.2) is 35.3 Å². The summed E-state index contributed by atoms with van der Waals surface area (Å²) in [4.78, 5) is 2.10. The number of halogens is 2. The van der Waals surface area contributed by atoms with Crippen LogP contribution < -0.4 is 5.73 Å². The van der Waals surface area contributed by atoms with Gasteiger partial charge in [0.25, 0.3) is 0 Å². The number of rotatable bonds is 5. The first-order chi connectivity index (χ1) is 9.91. The van der Waals surface area contributed by atoms with Crippen LogP contribution in [0.15, 0.2) is 28.9 Å². The van der Waals surface area contributed by atoms with E-state index in [1.807, 2.05) is 43.9 Å². The fourth-order valence-electron chi connectivity index (χ4n) is 2.21. The molecular formula is C15H20BrClN4. The highest BCUT2D eigenvalue weighted by atomic mass is 79.9. The van der Waals surface area contributed by atoms with Crippen molar-refractivity contribution in [3.05, 3.63) is 50.7 Å². The van der Waals surface area contributed by atoms with Gasteiger partial charge in [-0.15, -0.1) is 0 Å². The summed E-state index contributed by atoms with van der Waals surface area (Å²) in [5.41, 5.74) is 9.47. The van der Waals surface area contributed by atoms with Crippen LogP contribution in [0.2, 0.25) is 5.02 Å². The van der Waals surface area contributed by atoms with E-state index in [1.54, 1.807) is 6.20 Å². The van der Waals surface area contributed by atoms with Crippen molar-refractivity contribution in [3.63, 3.8) is 0 Å². The highest BCUT2D eigenvalue weighted by Crippen LogP contribution is 2.32. The van der Waals surface area contributed by atoms with Crippen LogP contribution >= 0.6 is 27.5 Å². The van der Waals surface area contributed by atoms with Gasteiger partial charge in [0.15, 0.2) is 0 Å². The van der Waals surface area contributed by atoms with Gasteiger partial charge in [-0.2, -0.15) is 5.10 Å². The van der Waals surface area contributed by atoms with Crippen LogP contribution in [0.1, 0.15) is 22.9 Å². The van der Waals surface area contributed by atoms with Crippen LogP contribution in [-0.2, 0) is 6.54 Å². The predicted octanol–water partition coefficient (Wildman–Crippen LogP) is 3.22. The van der Waals surface area contributed by atoms with Crippen molar-refractivity contribution < 1.29 is 0 Å². The van der Waals surface area contributed by atoms with Crippen LogP contribution in [0.5, 0.6) is 0 Å². The monoisotopic (exact) mass is 370 g/mol. The average molecular weight is 372 g/mol. The summed E-state index contributed by atoms with van der Waals surface area (Å²) < 4.78 is 2.91. The summed E-state index contributed by atoms with van der Waals surface area (Å²) in [7, 11) is 4.06. The quantitative estimate of drug-likeness (QED) is 0.878. The standard InChI is InChI=1S/C15H20BrClN4/c1-10-5-4-6-11(13(10)16)14(18)15-12(17)9-19-21(15)8-7-20(2)3/h4-6,9,14H,7-8,18H2,1-3H3. The Morgan fingerprint density at radius 3 is 2.81 bits per heavy atom. The second-order valence-corrected chi connectivity index (χ2v) is 6.56. The van der Waals surface area contributed by atoms with Gasteiger partial charge < -0.3 is 10.6 Å². The van der Waals surface area contributed by atoms with E-state index in [-0.39, 0.29) is 6.04 Å². The van der Waals surface area contributed by atoms with Crippen LogP contribution in [0.25, 0.3) is 0 Å². The highest BCUT2D eigenvalue weighted by molar-refractivity contribution is 9.10. The molecule has 0 aliphatic heterocycles. The Morgan fingerprint density at radius 1 is 1.43 bits per heavy atom. The van der Waals surface area contributed by atoms with E-state index in [1.165, 1.54) is 0 Å². The maximum absolute atomic E-state index is 6.45. The Hall–Kier alpha value is -0.880. The fraction of sp³-hybridized carbons (Fsp3) is 0.400. The lowest BCUT2D eigenvalue weighted by molar-refractivity contribution is 0.368. The summed E-state index contributed by atoms with van der Waals surface area (Å²) >= 11 is 9.92. The van der Waals surface area contributed by atoms with Crippen molar-refractivity contribution in [2.75, 3.05) is 20.6 Å². The molecule has 2 rings (SSSR count). The van der Waals surface area contributed by atoms with Crippen molar-refractivity contribution in [2.45, 2.75) is 19.5 Å². The smallest absolute Gasteiger partial charge is 0.0837 e. The van der Waals surface area contributed by atoms with Gasteiger partial charge in [0.05, 0.1) is 29.5 Å². The van der Waals surface area contributed by atoms with Gasteiger partial charge in [-0.3, -0.25) is 4.68 Å². The summed E-state index contributed by atoms with van der Waals surface area (Å²) in [6.45, 7) is 3.68. The maximum Gasteiger partial charge on any atom is 0.0837 e. The minimum absolute atomic E-state index is 0.309. The second-order valence-electron chi connectivity index (χ2n) is 5.36.